The Morgan fingerprint density at radius 1 is 1.13 bits per heavy atom. The first-order chi connectivity index (χ1) is 14.6. The summed E-state index contributed by atoms with van der Waals surface area (Å²) in [4.78, 5) is 25.8. The van der Waals surface area contributed by atoms with Crippen LogP contribution in [0.15, 0.2) is 60.8 Å². The predicted molar refractivity (Wildman–Crippen MR) is 120 cm³/mol. The van der Waals surface area contributed by atoms with E-state index < -0.39 is 0 Å². The van der Waals surface area contributed by atoms with E-state index in [9.17, 15) is 4.79 Å². The van der Waals surface area contributed by atoms with E-state index in [1.165, 1.54) is 5.56 Å². The summed E-state index contributed by atoms with van der Waals surface area (Å²) >= 11 is 6.04. The summed E-state index contributed by atoms with van der Waals surface area (Å²) in [6.07, 6.45) is 2.95. The van der Waals surface area contributed by atoms with Gasteiger partial charge in [-0.1, -0.05) is 41.4 Å². The fourth-order valence-electron chi connectivity index (χ4n) is 3.46. The van der Waals surface area contributed by atoms with Crippen molar-refractivity contribution in [3.05, 3.63) is 76.9 Å². The van der Waals surface area contributed by atoms with Crippen LogP contribution in [-0.4, -0.2) is 40.5 Å². The highest BCUT2D eigenvalue weighted by atomic mass is 35.5. The molecule has 7 heteroatoms. The zero-order valence-corrected chi connectivity index (χ0v) is 17.6. The van der Waals surface area contributed by atoms with E-state index in [0.717, 1.165) is 36.6 Å². The highest BCUT2D eigenvalue weighted by Crippen LogP contribution is 2.20. The molecule has 0 aliphatic carbocycles. The van der Waals surface area contributed by atoms with Gasteiger partial charge in [0.1, 0.15) is 5.82 Å². The van der Waals surface area contributed by atoms with Gasteiger partial charge in [0.05, 0.1) is 13.1 Å². The summed E-state index contributed by atoms with van der Waals surface area (Å²) in [7, 11) is 0. The number of aromatic nitrogens is 2. The number of hydrogen-bond acceptors (Lipinski definition) is 5. The molecule has 3 aromatic rings. The standard InChI is InChI=1S/C23H24ClN5O/c1-17-6-8-20(9-7-17)26-21-10-11-25-23(27-21)29-13-3-12-28(16-29)22(30)15-18-4-2-5-19(24)14-18/h2,4-11,14H,3,12-13,15-16H2,1H3,(H,25,26,27). The van der Waals surface area contributed by atoms with Gasteiger partial charge in [0.15, 0.2) is 0 Å². The molecule has 2 aromatic carbocycles. The number of halogens is 1. The number of rotatable bonds is 5. The van der Waals surface area contributed by atoms with Crippen molar-refractivity contribution >= 4 is 35.0 Å². The minimum atomic E-state index is 0.0795. The zero-order chi connectivity index (χ0) is 20.9. The molecule has 0 saturated carbocycles. The van der Waals surface area contributed by atoms with Gasteiger partial charge in [-0.05, 0) is 49.2 Å². The molecule has 1 aromatic heterocycles. The number of aryl methyl sites for hydroxylation is 1. The molecule has 1 aliphatic heterocycles. The molecular formula is C23H24ClN5O. The SMILES string of the molecule is Cc1ccc(Nc2ccnc(N3CCCN(C(=O)Cc4cccc(Cl)c4)C3)n2)cc1. The van der Waals surface area contributed by atoms with Crippen LogP contribution in [0.4, 0.5) is 17.5 Å². The quantitative estimate of drug-likeness (QED) is 0.660. The smallest absolute Gasteiger partial charge is 0.228 e. The van der Waals surface area contributed by atoms with E-state index in [1.807, 2.05) is 52.3 Å². The van der Waals surface area contributed by atoms with Crippen molar-refractivity contribution < 1.29 is 4.79 Å². The number of nitrogens with zero attached hydrogens (tertiary/aromatic N) is 4. The number of carbonyl (C=O) groups is 1. The van der Waals surface area contributed by atoms with Crippen LogP contribution in [0.5, 0.6) is 0 Å². The molecule has 0 bridgehead atoms. The molecule has 1 aliphatic rings. The number of anilines is 3. The Balaban J connectivity index is 1.42. The van der Waals surface area contributed by atoms with Crippen LogP contribution in [-0.2, 0) is 11.2 Å². The molecule has 1 amide bonds. The lowest BCUT2D eigenvalue weighted by Crippen LogP contribution is -2.48. The van der Waals surface area contributed by atoms with Crippen LogP contribution < -0.4 is 10.2 Å². The first kappa shape index (κ1) is 20.2. The first-order valence-electron chi connectivity index (χ1n) is 10.0. The van der Waals surface area contributed by atoms with Gasteiger partial charge >= 0.3 is 0 Å². The third-order valence-corrected chi connectivity index (χ3v) is 5.28. The minimum absolute atomic E-state index is 0.0795. The Morgan fingerprint density at radius 2 is 1.97 bits per heavy atom. The lowest BCUT2D eigenvalue weighted by Gasteiger charge is -2.35. The Hall–Kier alpha value is -3.12. The van der Waals surface area contributed by atoms with E-state index in [-0.39, 0.29) is 5.91 Å². The van der Waals surface area contributed by atoms with Crippen molar-refractivity contribution in [3.63, 3.8) is 0 Å². The molecule has 0 unspecified atom stereocenters. The second-order valence-electron chi connectivity index (χ2n) is 7.46. The highest BCUT2D eigenvalue weighted by molar-refractivity contribution is 6.30. The molecule has 6 nitrogen and oxygen atoms in total. The van der Waals surface area contributed by atoms with E-state index >= 15 is 0 Å². The molecule has 1 N–H and O–H groups in total. The summed E-state index contributed by atoms with van der Waals surface area (Å²) < 4.78 is 0. The van der Waals surface area contributed by atoms with E-state index in [0.29, 0.717) is 24.1 Å². The van der Waals surface area contributed by atoms with Crippen LogP contribution in [0.2, 0.25) is 5.02 Å². The molecule has 1 saturated heterocycles. The summed E-state index contributed by atoms with van der Waals surface area (Å²) in [5.74, 6) is 1.43. The maximum atomic E-state index is 12.8. The average molecular weight is 422 g/mol. The Kier molecular flexibility index (Phi) is 6.14. The van der Waals surface area contributed by atoms with Gasteiger partial charge in [0, 0.05) is 30.0 Å². The van der Waals surface area contributed by atoms with E-state index in [1.54, 1.807) is 6.20 Å². The lowest BCUT2D eigenvalue weighted by atomic mass is 10.1. The van der Waals surface area contributed by atoms with Gasteiger partial charge in [-0.2, -0.15) is 4.98 Å². The Labute approximate surface area is 181 Å². The highest BCUT2D eigenvalue weighted by Gasteiger charge is 2.23. The molecule has 30 heavy (non-hydrogen) atoms. The van der Waals surface area contributed by atoms with Crippen molar-refractivity contribution in [1.82, 2.24) is 14.9 Å². The summed E-state index contributed by atoms with van der Waals surface area (Å²) in [5.41, 5.74) is 3.10. The van der Waals surface area contributed by atoms with Crippen molar-refractivity contribution in [1.29, 1.82) is 0 Å². The summed E-state index contributed by atoms with van der Waals surface area (Å²) in [6.45, 7) is 4.09. The number of benzene rings is 2. The molecule has 0 atom stereocenters. The zero-order valence-electron chi connectivity index (χ0n) is 16.9. The molecule has 4 rings (SSSR count). The molecular weight excluding hydrogens is 398 g/mol. The van der Waals surface area contributed by atoms with Gasteiger partial charge in [0.25, 0.3) is 0 Å². The molecule has 1 fully saturated rings. The Morgan fingerprint density at radius 3 is 2.77 bits per heavy atom. The third kappa shape index (κ3) is 5.07. The number of carbonyl (C=O) groups excluding carboxylic acids is 1. The normalized spacial score (nSPS) is 13.9. The van der Waals surface area contributed by atoms with Gasteiger partial charge in [-0.3, -0.25) is 4.79 Å². The Bertz CT molecular complexity index is 1020. The maximum Gasteiger partial charge on any atom is 0.228 e. The molecule has 2 heterocycles. The third-order valence-electron chi connectivity index (χ3n) is 5.04. The fraction of sp³-hybridized carbons (Fsp3) is 0.261. The largest absolute Gasteiger partial charge is 0.340 e. The van der Waals surface area contributed by atoms with Gasteiger partial charge < -0.3 is 15.1 Å². The first-order valence-corrected chi connectivity index (χ1v) is 10.4. The lowest BCUT2D eigenvalue weighted by molar-refractivity contribution is -0.131. The second kappa shape index (κ2) is 9.13. The van der Waals surface area contributed by atoms with Crippen LogP contribution in [0.3, 0.4) is 0 Å². The number of amides is 1. The monoisotopic (exact) mass is 421 g/mol. The van der Waals surface area contributed by atoms with Gasteiger partial charge in [-0.25, -0.2) is 4.98 Å². The molecule has 154 valence electrons. The number of hydrogen-bond donors (Lipinski definition) is 1. The van der Waals surface area contributed by atoms with Crippen molar-refractivity contribution in [2.45, 2.75) is 19.8 Å². The van der Waals surface area contributed by atoms with Crippen molar-refractivity contribution in [3.8, 4) is 0 Å². The summed E-state index contributed by atoms with van der Waals surface area (Å²) in [5, 5.41) is 3.96. The molecule has 0 radical (unpaired) electrons. The summed E-state index contributed by atoms with van der Waals surface area (Å²) in [6, 6.07) is 17.4. The fourth-order valence-corrected chi connectivity index (χ4v) is 3.67. The van der Waals surface area contributed by atoms with Crippen LogP contribution >= 0.6 is 11.6 Å². The van der Waals surface area contributed by atoms with Crippen LogP contribution in [0, 0.1) is 6.92 Å². The van der Waals surface area contributed by atoms with Gasteiger partial charge in [-0.15, -0.1) is 0 Å². The average Bonchev–Trinajstić information content (AvgIpc) is 2.76. The predicted octanol–water partition coefficient (Wildman–Crippen LogP) is 4.42. The van der Waals surface area contributed by atoms with E-state index in [4.69, 9.17) is 11.6 Å². The van der Waals surface area contributed by atoms with E-state index in [2.05, 4.69) is 34.3 Å². The van der Waals surface area contributed by atoms with Gasteiger partial charge in [0.2, 0.25) is 11.9 Å². The van der Waals surface area contributed by atoms with Crippen LogP contribution in [0.25, 0.3) is 0 Å². The van der Waals surface area contributed by atoms with Crippen LogP contribution in [0.1, 0.15) is 17.5 Å². The minimum Gasteiger partial charge on any atom is -0.340 e. The topological polar surface area (TPSA) is 61.4 Å². The number of nitrogens with one attached hydrogen (secondary N) is 1. The van der Waals surface area contributed by atoms with Crippen molar-refractivity contribution in [2.24, 2.45) is 0 Å². The van der Waals surface area contributed by atoms with Crippen molar-refractivity contribution in [2.75, 3.05) is 30.0 Å². The second-order valence-corrected chi connectivity index (χ2v) is 7.89. The maximum absolute atomic E-state index is 12.8. The molecule has 0 spiro atoms.